The average molecular weight is 248 g/mol. The Bertz CT molecular complexity index is 381. The van der Waals surface area contributed by atoms with Crippen molar-refractivity contribution in [1.82, 2.24) is 10.2 Å². The minimum Gasteiger partial charge on any atom is -0.388 e. The summed E-state index contributed by atoms with van der Waals surface area (Å²) < 4.78 is 0. The molecular formula is C14H20N2O2. The van der Waals surface area contributed by atoms with E-state index in [1.807, 2.05) is 30.3 Å². The minimum atomic E-state index is -0.447. The van der Waals surface area contributed by atoms with E-state index in [4.69, 9.17) is 0 Å². The Balaban J connectivity index is 1.82. The van der Waals surface area contributed by atoms with Gasteiger partial charge in [0.05, 0.1) is 12.6 Å². The van der Waals surface area contributed by atoms with Crippen LogP contribution in [0.5, 0.6) is 0 Å². The maximum atomic E-state index is 11.4. The van der Waals surface area contributed by atoms with E-state index in [0.717, 1.165) is 31.6 Å². The maximum Gasteiger partial charge on any atom is 0.234 e. The lowest BCUT2D eigenvalue weighted by atomic mass is 10.1. The predicted octanol–water partition coefficient (Wildman–Crippen LogP) is 0.932. The van der Waals surface area contributed by atoms with Crippen LogP contribution in [0.2, 0.25) is 0 Å². The smallest absolute Gasteiger partial charge is 0.234 e. The predicted molar refractivity (Wildman–Crippen MR) is 70.1 cm³/mol. The number of nitrogens with one attached hydrogen (secondary N) is 1. The summed E-state index contributed by atoms with van der Waals surface area (Å²) in [7, 11) is 0. The van der Waals surface area contributed by atoms with Crippen LogP contribution in [0, 0.1) is 0 Å². The van der Waals surface area contributed by atoms with E-state index in [2.05, 4.69) is 10.2 Å². The summed E-state index contributed by atoms with van der Waals surface area (Å²) in [6.07, 6.45) is 1.20. The largest absolute Gasteiger partial charge is 0.388 e. The first-order valence-electron chi connectivity index (χ1n) is 6.48. The van der Waals surface area contributed by atoms with Gasteiger partial charge in [0.1, 0.15) is 0 Å². The van der Waals surface area contributed by atoms with Crippen molar-refractivity contribution in [3.8, 4) is 0 Å². The molecule has 4 heteroatoms. The molecule has 1 heterocycles. The van der Waals surface area contributed by atoms with E-state index in [1.165, 1.54) is 0 Å². The zero-order valence-electron chi connectivity index (χ0n) is 10.5. The quantitative estimate of drug-likeness (QED) is 0.833. The van der Waals surface area contributed by atoms with E-state index in [0.29, 0.717) is 13.0 Å². The van der Waals surface area contributed by atoms with Crippen LogP contribution in [0.15, 0.2) is 30.3 Å². The number of amides is 1. The average Bonchev–Trinajstić information content (AvgIpc) is 2.61. The molecule has 1 aromatic carbocycles. The van der Waals surface area contributed by atoms with E-state index < -0.39 is 6.10 Å². The van der Waals surface area contributed by atoms with E-state index in [9.17, 15) is 9.90 Å². The van der Waals surface area contributed by atoms with Gasteiger partial charge < -0.3 is 10.4 Å². The van der Waals surface area contributed by atoms with Gasteiger partial charge in [-0.3, -0.25) is 9.69 Å². The lowest BCUT2D eigenvalue weighted by Gasteiger charge is -2.20. The highest BCUT2D eigenvalue weighted by Crippen LogP contribution is 2.16. The molecule has 1 aromatic rings. The second-order valence-corrected chi connectivity index (χ2v) is 4.69. The van der Waals surface area contributed by atoms with Crippen molar-refractivity contribution < 1.29 is 9.90 Å². The molecule has 1 aliphatic heterocycles. The normalized spacial score (nSPS) is 19.1. The fourth-order valence-corrected chi connectivity index (χ4v) is 2.21. The van der Waals surface area contributed by atoms with Crippen molar-refractivity contribution in [2.75, 3.05) is 26.2 Å². The number of aliphatic hydroxyl groups excluding tert-OH is 1. The monoisotopic (exact) mass is 248 g/mol. The summed E-state index contributed by atoms with van der Waals surface area (Å²) in [5.74, 6) is 0.0849. The molecule has 2 rings (SSSR count). The van der Waals surface area contributed by atoms with Gasteiger partial charge in [0, 0.05) is 19.6 Å². The molecule has 98 valence electrons. The second-order valence-electron chi connectivity index (χ2n) is 4.69. The van der Waals surface area contributed by atoms with E-state index in [-0.39, 0.29) is 5.91 Å². The van der Waals surface area contributed by atoms with Gasteiger partial charge >= 0.3 is 0 Å². The van der Waals surface area contributed by atoms with Crippen molar-refractivity contribution in [2.24, 2.45) is 0 Å². The van der Waals surface area contributed by atoms with Gasteiger partial charge in [0.15, 0.2) is 0 Å². The van der Waals surface area contributed by atoms with Crippen LogP contribution in [-0.4, -0.2) is 42.1 Å². The molecule has 18 heavy (non-hydrogen) atoms. The third-order valence-electron chi connectivity index (χ3n) is 3.24. The van der Waals surface area contributed by atoms with Gasteiger partial charge in [-0.15, -0.1) is 0 Å². The molecule has 0 aliphatic carbocycles. The van der Waals surface area contributed by atoms with Gasteiger partial charge in [-0.25, -0.2) is 0 Å². The highest BCUT2D eigenvalue weighted by Gasteiger charge is 2.16. The van der Waals surface area contributed by atoms with Gasteiger partial charge in [-0.2, -0.15) is 0 Å². The van der Waals surface area contributed by atoms with Crippen molar-refractivity contribution in [3.63, 3.8) is 0 Å². The van der Waals surface area contributed by atoms with E-state index >= 15 is 0 Å². The van der Waals surface area contributed by atoms with Crippen LogP contribution in [0.1, 0.15) is 24.5 Å². The zero-order chi connectivity index (χ0) is 12.8. The Morgan fingerprint density at radius 1 is 1.33 bits per heavy atom. The molecule has 0 aromatic heterocycles. The second kappa shape index (κ2) is 6.52. The van der Waals surface area contributed by atoms with Crippen LogP contribution in [0.4, 0.5) is 0 Å². The van der Waals surface area contributed by atoms with Crippen molar-refractivity contribution >= 4 is 5.91 Å². The summed E-state index contributed by atoms with van der Waals surface area (Å²) in [6.45, 7) is 2.88. The Morgan fingerprint density at radius 3 is 2.89 bits per heavy atom. The third-order valence-corrected chi connectivity index (χ3v) is 3.24. The molecule has 1 aliphatic rings. The van der Waals surface area contributed by atoms with Crippen molar-refractivity contribution in [2.45, 2.75) is 18.9 Å². The van der Waals surface area contributed by atoms with Crippen LogP contribution >= 0.6 is 0 Å². The number of carbonyl (C=O) groups excluding carboxylic acids is 1. The Labute approximate surface area is 108 Å². The van der Waals surface area contributed by atoms with Crippen molar-refractivity contribution in [3.05, 3.63) is 35.9 Å². The van der Waals surface area contributed by atoms with Crippen LogP contribution in [0.25, 0.3) is 0 Å². The molecule has 1 saturated heterocycles. The number of aliphatic hydroxyl groups is 1. The van der Waals surface area contributed by atoms with Gasteiger partial charge in [0.2, 0.25) is 5.91 Å². The number of hydrogen-bond acceptors (Lipinski definition) is 3. The number of benzene rings is 1. The molecule has 1 amide bonds. The standard InChI is InChI=1S/C14H20N2O2/c17-13(12-5-2-1-3-6-12)7-10-16-9-4-8-15-14(18)11-16/h1-3,5-6,13,17H,4,7-11H2,(H,15,18)/t13-/m0/s1. The SMILES string of the molecule is O=C1CN(CC[C@H](O)c2ccccc2)CCCN1. The molecule has 0 spiro atoms. The highest BCUT2D eigenvalue weighted by molar-refractivity contribution is 5.78. The summed E-state index contributed by atoms with van der Waals surface area (Å²) in [6, 6.07) is 9.66. The molecule has 0 saturated carbocycles. The Morgan fingerprint density at radius 2 is 2.11 bits per heavy atom. The lowest BCUT2D eigenvalue weighted by Crippen LogP contribution is -2.34. The van der Waals surface area contributed by atoms with Crippen LogP contribution in [-0.2, 0) is 4.79 Å². The summed E-state index contributed by atoms with van der Waals surface area (Å²) in [5.41, 5.74) is 0.941. The molecule has 1 fully saturated rings. The number of rotatable bonds is 4. The van der Waals surface area contributed by atoms with Crippen LogP contribution in [0.3, 0.4) is 0 Å². The molecule has 0 unspecified atom stereocenters. The lowest BCUT2D eigenvalue weighted by molar-refractivity contribution is -0.121. The first-order chi connectivity index (χ1) is 8.75. The summed E-state index contributed by atoms with van der Waals surface area (Å²) in [5, 5.41) is 12.9. The molecule has 4 nitrogen and oxygen atoms in total. The molecule has 1 atom stereocenters. The topological polar surface area (TPSA) is 52.6 Å². The zero-order valence-corrected chi connectivity index (χ0v) is 10.5. The molecule has 0 radical (unpaired) electrons. The molecular weight excluding hydrogens is 228 g/mol. The Hall–Kier alpha value is -1.39. The fraction of sp³-hybridized carbons (Fsp3) is 0.500. The molecule has 0 bridgehead atoms. The fourth-order valence-electron chi connectivity index (χ4n) is 2.21. The van der Waals surface area contributed by atoms with Crippen LogP contribution < -0.4 is 5.32 Å². The summed E-state index contributed by atoms with van der Waals surface area (Å²) in [4.78, 5) is 13.5. The minimum absolute atomic E-state index is 0.0849. The number of nitrogens with zero attached hydrogens (tertiary/aromatic N) is 1. The summed E-state index contributed by atoms with van der Waals surface area (Å²) >= 11 is 0. The van der Waals surface area contributed by atoms with Gasteiger partial charge in [-0.05, 0) is 18.4 Å². The maximum absolute atomic E-state index is 11.4. The first kappa shape index (κ1) is 13.1. The van der Waals surface area contributed by atoms with Crippen molar-refractivity contribution in [1.29, 1.82) is 0 Å². The van der Waals surface area contributed by atoms with Gasteiger partial charge in [-0.1, -0.05) is 30.3 Å². The number of carbonyl (C=O) groups is 1. The van der Waals surface area contributed by atoms with Gasteiger partial charge in [0.25, 0.3) is 0 Å². The molecule has 2 N–H and O–H groups in total. The van der Waals surface area contributed by atoms with E-state index in [1.54, 1.807) is 0 Å². The number of hydrogen-bond donors (Lipinski definition) is 2. The Kier molecular flexibility index (Phi) is 4.73. The third kappa shape index (κ3) is 3.82. The highest BCUT2D eigenvalue weighted by atomic mass is 16.3. The first-order valence-corrected chi connectivity index (χ1v) is 6.48.